The van der Waals surface area contributed by atoms with Crippen LogP contribution in [0.5, 0.6) is 5.75 Å². The highest BCUT2D eigenvalue weighted by Gasteiger charge is 2.21. The first-order valence-corrected chi connectivity index (χ1v) is 8.63. The molecule has 1 aromatic carbocycles. The third-order valence-electron chi connectivity index (χ3n) is 4.04. The molecule has 0 aliphatic rings. The van der Waals surface area contributed by atoms with Crippen LogP contribution in [0.2, 0.25) is 0 Å². The zero-order valence-corrected chi connectivity index (χ0v) is 15.2. The number of methoxy groups -OCH3 is 1. The Balaban J connectivity index is 1.84. The van der Waals surface area contributed by atoms with Crippen molar-refractivity contribution in [1.29, 1.82) is 0 Å². The van der Waals surface area contributed by atoms with E-state index in [0.717, 1.165) is 17.3 Å². The molecule has 0 saturated carbocycles. The van der Waals surface area contributed by atoms with Crippen molar-refractivity contribution in [2.45, 2.75) is 32.7 Å². The number of amides is 1. The monoisotopic (exact) mass is 345 g/mol. The third kappa shape index (κ3) is 6.27. The van der Waals surface area contributed by atoms with Gasteiger partial charge in [-0.25, -0.2) is 0 Å². The van der Waals surface area contributed by atoms with E-state index < -0.39 is 0 Å². The van der Waals surface area contributed by atoms with E-state index in [-0.39, 0.29) is 17.9 Å². The van der Waals surface area contributed by atoms with E-state index in [1.165, 1.54) is 0 Å². The smallest absolute Gasteiger partial charge is 0.223 e. The van der Waals surface area contributed by atoms with Gasteiger partial charge in [-0.05, 0) is 44.0 Å². The van der Waals surface area contributed by atoms with Crippen molar-refractivity contribution in [1.82, 2.24) is 5.32 Å². The third-order valence-corrected chi connectivity index (χ3v) is 4.04. The van der Waals surface area contributed by atoms with Crippen LogP contribution < -0.4 is 10.1 Å². The van der Waals surface area contributed by atoms with Gasteiger partial charge in [0.15, 0.2) is 0 Å². The standard InChI is InChI=1S/C20H27NO4/c1-15(11-14-24-17-7-5-4-6-8-17)20(22)21-18(12-13-23-3)19-10-9-16(2)25-19/h4-10,15,18H,11-14H2,1-3H3,(H,21,22)/t15-,18+/m1/s1. The van der Waals surface area contributed by atoms with Gasteiger partial charge in [-0.1, -0.05) is 25.1 Å². The van der Waals surface area contributed by atoms with Crippen LogP contribution in [0, 0.1) is 12.8 Å². The van der Waals surface area contributed by atoms with Crippen LogP contribution in [0.4, 0.5) is 0 Å². The summed E-state index contributed by atoms with van der Waals surface area (Å²) in [5.41, 5.74) is 0. The lowest BCUT2D eigenvalue weighted by atomic mass is 10.1. The molecule has 0 aliphatic carbocycles. The van der Waals surface area contributed by atoms with Gasteiger partial charge < -0.3 is 19.2 Å². The minimum absolute atomic E-state index is 0.00758. The average Bonchev–Trinajstić information content (AvgIpc) is 3.05. The molecule has 5 nitrogen and oxygen atoms in total. The van der Waals surface area contributed by atoms with Gasteiger partial charge in [-0.15, -0.1) is 0 Å². The molecule has 0 fully saturated rings. The number of carbonyl (C=O) groups is 1. The summed E-state index contributed by atoms with van der Waals surface area (Å²) in [5.74, 6) is 2.25. The molecule has 0 unspecified atom stereocenters. The number of ether oxygens (including phenoxy) is 2. The normalized spacial score (nSPS) is 13.2. The van der Waals surface area contributed by atoms with Gasteiger partial charge in [0.05, 0.1) is 12.6 Å². The summed E-state index contributed by atoms with van der Waals surface area (Å²) in [7, 11) is 1.65. The van der Waals surface area contributed by atoms with Crippen LogP contribution >= 0.6 is 0 Å². The van der Waals surface area contributed by atoms with E-state index in [1.807, 2.05) is 56.3 Å². The molecule has 136 valence electrons. The highest BCUT2D eigenvalue weighted by molar-refractivity contribution is 5.78. The topological polar surface area (TPSA) is 60.7 Å². The molecule has 1 heterocycles. The summed E-state index contributed by atoms with van der Waals surface area (Å²) in [6, 6.07) is 13.2. The molecule has 25 heavy (non-hydrogen) atoms. The van der Waals surface area contributed by atoms with Crippen LogP contribution in [0.1, 0.15) is 37.3 Å². The molecule has 1 aromatic heterocycles. The quantitative estimate of drug-likeness (QED) is 0.710. The van der Waals surface area contributed by atoms with E-state index in [9.17, 15) is 4.79 Å². The summed E-state index contributed by atoms with van der Waals surface area (Å²) in [4.78, 5) is 12.5. The van der Waals surface area contributed by atoms with Crippen LogP contribution in [-0.4, -0.2) is 26.2 Å². The summed E-state index contributed by atoms with van der Waals surface area (Å²) >= 11 is 0. The Hall–Kier alpha value is -2.27. The number of hydrogen-bond donors (Lipinski definition) is 1. The first-order chi connectivity index (χ1) is 12.1. The Kier molecular flexibility index (Phi) is 7.54. The number of hydrogen-bond acceptors (Lipinski definition) is 4. The van der Waals surface area contributed by atoms with Crippen molar-refractivity contribution >= 4 is 5.91 Å². The Labute approximate surface area is 149 Å². The highest BCUT2D eigenvalue weighted by atomic mass is 16.5. The number of benzene rings is 1. The van der Waals surface area contributed by atoms with E-state index >= 15 is 0 Å². The van der Waals surface area contributed by atoms with Crippen molar-refractivity contribution in [2.75, 3.05) is 20.3 Å². The molecule has 5 heteroatoms. The van der Waals surface area contributed by atoms with Gasteiger partial charge >= 0.3 is 0 Å². The molecule has 0 bridgehead atoms. The molecular weight excluding hydrogens is 318 g/mol. The first-order valence-electron chi connectivity index (χ1n) is 8.63. The van der Waals surface area contributed by atoms with Gasteiger partial charge in [0.2, 0.25) is 5.91 Å². The fraction of sp³-hybridized carbons (Fsp3) is 0.450. The second-order valence-corrected chi connectivity index (χ2v) is 6.14. The largest absolute Gasteiger partial charge is 0.494 e. The van der Waals surface area contributed by atoms with E-state index in [4.69, 9.17) is 13.9 Å². The number of rotatable bonds is 10. The second-order valence-electron chi connectivity index (χ2n) is 6.14. The number of aryl methyl sites for hydroxylation is 1. The molecule has 2 rings (SSSR count). The number of nitrogens with one attached hydrogen (secondary N) is 1. The molecule has 0 saturated heterocycles. The predicted octanol–water partition coefficient (Wildman–Crippen LogP) is 3.89. The maximum absolute atomic E-state index is 12.5. The number of carbonyl (C=O) groups excluding carboxylic acids is 1. The van der Waals surface area contributed by atoms with Gasteiger partial charge in [-0.2, -0.15) is 0 Å². The van der Waals surface area contributed by atoms with E-state index in [1.54, 1.807) is 7.11 Å². The van der Waals surface area contributed by atoms with Gasteiger partial charge in [0.1, 0.15) is 17.3 Å². The lowest BCUT2D eigenvalue weighted by Crippen LogP contribution is -2.34. The average molecular weight is 345 g/mol. The Morgan fingerprint density at radius 3 is 2.52 bits per heavy atom. The Morgan fingerprint density at radius 2 is 1.88 bits per heavy atom. The summed E-state index contributed by atoms with van der Waals surface area (Å²) < 4.78 is 16.5. The summed E-state index contributed by atoms with van der Waals surface area (Å²) in [6.07, 6.45) is 1.32. The lowest BCUT2D eigenvalue weighted by Gasteiger charge is -2.19. The number of para-hydroxylation sites is 1. The van der Waals surface area contributed by atoms with Crippen LogP contribution in [-0.2, 0) is 9.53 Å². The zero-order valence-electron chi connectivity index (χ0n) is 15.2. The lowest BCUT2D eigenvalue weighted by molar-refractivity contribution is -0.125. The highest BCUT2D eigenvalue weighted by Crippen LogP contribution is 2.20. The van der Waals surface area contributed by atoms with Crippen molar-refractivity contribution < 1.29 is 18.7 Å². The van der Waals surface area contributed by atoms with Gasteiger partial charge in [0.25, 0.3) is 0 Å². The molecule has 1 N–H and O–H groups in total. The molecular formula is C20H27NO4. The first kappa shape index (κ1) is 19.1. The van der Waals surface area contributed by atoms with Crippen LogP contribution in [0.25, 0.3) is 0 Å². The minimum Gasteiger partial charge on any atom is -0.494 e. The van der Waals surface area contributed by atoms with Crippen LogP contribution in [0.15, 0.2) is 46.9 Å². The summed E-state index contributed by atoms with van der Waals surface area (Å²) in [5, 5.41) is 3.06. The van der Waals surface area contributed by atoms with Crippen molar-refractivity contribution in [2.24, 2.45) is 5.92 Å². The van der Waals surface area contributed by atoms with Crippen LogP contribution in [0.3, 0.4) is 0 Å². The Bertz CT molecular complexity index is 638. The molecule has 0 aliphatic heterocycles. The van der Waals surface area contributed by atoms with E-state index in [0.29, 0.717) is 26.1 Å². The zero-order chi connectivity index (χ0) is 18.1. The molecule has 2 aromatic rings. The van der Waals surface area contributed by atoms with E-state index in [2.05, 4.69) is 5.32 Å². The Morgan fingerprint density at radius 1 is 1.12 bits per heavy atom. The molecule has 2 atom stereocenters. The SMILES string of the molecule is COCC[C@H](NC(=O)[C@H](C)CCOc1ccccc1)c1ccc(C)o1. The van der Waals surface area contributed by atoms with Crippen molar-refractivity contribution in [3.8, 4) is 5.75 Å². The fourth-order valence-electron chi connectivity index (χ4n) is 2.48. The van der Waals surface area contributed by atoms with Crippen molar-refractivity contribution in [3.05, 3.63) is 54.0 Å². The molecule has 0 radical (unpaired) electrons. The second kappa shape index (κ2) is 9.89. The maximum Gasteiger partial charge on any atom is 0.223 e. The molecule has 1 amide bonds. The maximum atomic E-state index is 12.5. The molecule has 0 spiro atoms. The summed E-state index contributed by atoms with van der Waals surface area (Å²) in [6.45, 7) is 4.85. The minimum atomic E-state index is -0.182. The van der Waals surface area contributed by atoms with Crippen molar-refractivity contribution in [3.63, 3.8) is 0 Å². The van der Waals surface area contributed by atoms with Gasteiger partial charge in [0, 0.05) is 19.6 Å². The fourth-order valence-corrected chi connectivity index (χ4v) is 2.48. The predicted molar refractivity (Wildman–Crippen MR) is 96.5 cm³/mol. The number of furan rings is 1. The van der Waals surface area contributed by atoms with Gasteiger partial charge in [-0.3, -0.25) is 4.79 Å².